The summed E-state index contributed by atoms with van der Waals surface area (Å²) in [5, 5.41) is 0. The predicted molar refractivity (Wildman–Crippen MR) is 92.2 cm³/mol. The fraction of sp³-hybridized carbons (Fsp3) is 0.381. The van der Waals surface area contributed by atoms with Crippen LogP contribution in [0.2, 0.25) is 0 Å². The Morgan fingerprint density at radius 1 is 0.762 bits per heavy atom. The molecule has 2 aromatic rings. The number of rotatable bonds is 8. The highest BCUT2D eigenvalue weighted by Crippen LogP contribution is 2.37. The summed E-state index contributed by atoms with van der Waals surface area (Å²) in [5.74, 6) is 0. The Balaban J connectivity index is 2.23. The molecule has 0 saturated heterocycles. The van der Waals surface area contributed by atoms with Gasteiger partial charge in [-0.2, -0.15) is 0 Å². The summed E-state index contributed by atoms with van der Waals surface area (Å²) in [6.45, 7) is 6.44. The van der Waals surface area contributed by atoms with Crippen molar-refractivity contribution in [1.82, 2.24) is 0 Å². The van der Waals surface area contributed by atoms with Gasteiger partial charge in [-0.15, -0.1) is 0 Å². The zero-order chi connectivity index (χ0) is 15.0. The van der Waals surface area contributed by atoms with Crippen molar-refractivity contribution in [3.63, 3.8) is 0 Å². The predicted octanol–water partition coefficient (Wildman–Crippen LogP) is 5.87. The van der Waals surface area contributed by atoms with Gasteiger partial charge in [0.25, 0.3) is 0 Å². The lowest BCUT2D eigenvalue weighted by Crippen LogP contribution is -2.26. The first-order valence-electron chi connectivity index (χ1n) is 8.15. The maximum absolute atomic E-state index is 4.14. The molecule has 0 bridgehead atoms. The Morgan fingerprint density at radius 2 is 1.24 bits per heavy atom. The third-order valence-corrected chi connectivity index (χ3v) is 4.33. The average molecular weight is 279 g/mol. The van der Waals surface area contributed by atoms with E-state index in [1.165, 1.54) is 30.4 Å². The first kappa shape index (κ1) is 15.8. The SMILES string of the molecule is [CH2]CCC(CCC)(Cc1ccccc1)Cc1ccccc1. The number of benzene rings is 2. The molecule has 0 spiro atoms. The molecule has 2 rings (SSSR count). The first-order chi connectivity index (χ1) is 10.3. The molecule has 0 aliphatic heterocycles. The Kier molecular flexibility index (Phi) is 6.04. The highest BCUT2D eigenvalue weighted by molar-refractivity contribution is 5.21. The van der Waals surface area contributed by atoms with Crippen LogP contribution in [0, 0.1) is 12.3 Å². The summed E-state index contributed by atoms with van der Waals surface area (Å²) in [6.07, 6.45) is 7.04. The van der Waals surface area contributed by atoms with Gasteiger partial charge in [0.2, 0.25) is 0 Å². The van der Waals surface area contributed by atoms with Gasteiger partial charge in [-0.3, -0.25) is 0 Å². The van der Waals surface area contributed by atoms with Crippen molar-refractivity contribution in [3.05, 3.63) is 78.7 Å². The van der Waals surface area contributed by atoms with Gasteiger partial charge >= 0.3 is 0 Å². The van der Waals surface area contributed by atoms with E-state index >= 15 is 0 Å². The minimum atomic E-state index is 0.346. The lowest BCUT2D eigenvalue weighted by molar-refractivity contribution is 0.233. The van der Waals surface area contributed by atoms with Gasteiger partial charge in [0.05, 0.1) is 0 Å². The summed E-state index contributed by atoms with van der Waals surface area (Å²) >= 11 is 0. The molecule has 0 saturated carbocycles. The van der Waals surface area contributed by atoms with Crippen LogP contribution in [-0.4, -0.2) is 0 Å². The third kappa shape index (κ3) is 4.74. The minimum absolute atomic E-state index is 0.346. The number of hydrogen-bond acceptors (Lipinski definition) is 0. The topological polar surface area (TPSA) is 0 Å². The molecule has 2 aromatic carbocycles. The van der Waals surface area contributed by atoms with Crippen molar-refractivity contribution >= 4 is 0 Å². The second-order valence-corrected chi connectivity index (χ2v) is 6.18. The smallest absolute Gasteiger partial charge is 0.0217 e. The minimum Gasteiger partial charge on any atom is -0.0654 e. The molecule has 0 nitrogen and oxygen atoms in total. The van der Waals surface area contributed by atoms with Crippen molar-refractivity contribution in [2.45, 2.75) is 45.4 Å². The van der Waals surface area contributed by atoms with E-state index in [0.717, 1.165) is 19.3 Å². The van der Waals surface area contributed by atoms with Crippen molar-refractivity contribution in [2.75, 3.05) is 0 Å². The average Bonchev–Trinajstić information content (AvgIpc) is 2.50. The summed E-state index contributed by atoms with van der Waals surface area (Å²) in [5.41, 5.74) is 3.25. The van der Waals surface area contributed by atoms with E-state index in [2.05, 4.69) is 74.5 Å². The summed E-state index contributed by atoms with van der Waals surface area (Å²) in [6, 6.07) is 21.9. The van der Waals surface area contributed by atoms with Gasteiger partial charge < -0.3 is 0 Å². The van der Waals surface area contributed by atoms with E-state index in [9.17, 15) is 0 Å². The molecule has 0 atom stereocenters. The number of hydrogen-bond donors (Lipinski definition) is 0. The molecule has 0 amide bonds. The van der Waals surface area contributed by atoms with Gasteiger partial charge in [0.1, 0.15) is 0 Å². The Morgan fingerprint density at radius 3 is 1.62 bits per heavy atom. The largest absolute Gasteiger partial charge is 0.0654 e. The van der Waals surface area contributed by atoms with Gasteiger partial charge in [0.15, 0.2) is 0 Å². The van der Waals surface area contributed by atoms with Crippen LogP contribution in [0.25, 0.3) is 0 Å². The molecular weight excluding hydrogens is 252 g/mol. The van der Waals surface area contributed by atoms with Crippen LogP contribution < -0.4 is 0 Å². The van der Waals surface area contributed by atoms with E-state index in [0.29, 0.717) is 5.41 Å². The second-order valence-electron chi connectivity index (χ2n) is 6.18. The van der Waals surface area contributed by atoms with Gasteiger partial charge in [-0.1, -0.05) is 87.4 Å². The van der Waals surface area contributed by atoms with Crippen molar-refractivity contribution in [3.8, 4) is 0 Å². The Labute approximate surface area is 130 Å². The molecule has 0 N–H and O–H groups in total. The summed E-state index contributed by atoms with van der Waals surface area (Å²) in [7, 11) is 0. The van der Waals surface area contributed by atoms with Gasteiger partial charge in [-0.25, -0.2) is 0 Å². The quantitative estimate of drug-likeness (QED) is 0.566. The third-order valence-electron chi connectivity index (χ3n) is 4.33. The Bertz CT molecular complexity index is 449. The van der Waals surface area contributed by atoms with Crippen molar-refractivity contribution in [1.29, 1.82) is 0 Å². The molecule has 21 heavy (non-hydrogen) atoms. The van der Waals surface area contributed by atoms with Gasteiger partial charge in [-0.05, 0) is 42.2 Å². The maximum atomic E-state index is 4.14. The van der Waals surface area contributed by atoms with Crippen LogP contribution in [0.1, 0.15) is 43.7 Å². The highest BCUT2D eigenvalue weighted by Gasteiger charge is 2.28. The van der Waals surface area contributed by atoms with Crippen molar-refractivity contribution in [2.24, 2.45) is 5.41 Å². The molecule has 0 heteroatoms. The lowest BCUT2D eigenvalue weighted by atomic mass is 9.70. The molecule has 0 fully saturated rings. The van der Waals surface area contributed by atoms with E-state index in [-0.39, 0.29) is 0 Å². The monoisotopic (exact) mass is 279 g/mol. The summed E-state index contributed by atoms with van der Waals surface area (Å²) in [4.78, 5) is 0. The van der Waals surface area contributed by atoms with Crippen LogP contribution in [0.4, 0.5) is 0 Å². The van der Waals surface area contributed by atoms with E-state index in [1.807, 2.05) is 0 Å². The van der Waals surface area contributed by atoms with Crippen LogP contribution in [0.3, 0.4) is 0 Å². The molecule has 0 heterocycles. The van der Waals surface area contributed by atoms with E-state index in [1.54, 1.807) is 0 Å². The van der Waals surface area contributed by atoms with E-state index in [4.69, 9.17) is 0 Å². The standard InChI is InChI=1S/C21H27/c1-3-15-21(16-4-2,17-19-11-7-5-8-12-19)18-20-13-9-6-10-14-20/h5-14H,1,3-4,15-18H2,2H3. The molecule has 0 unspecified atom stereocenters. The fourth-order valence-corrected chi connectivity index (χ4v) is 3.50. The van der Waals surface area contributed by atoms with Crippen LogP contribution in [-0.2, 0) is 12.8 Å². The highest BCUT2D eigenvalue weighted by atomic mass is 14.3. The normalized spacial score (nSPS) is 11.5. The van der Waals surface area contributed by atoms with Crippen LogP contribution >= 0.6 is 0 Å². The summed E-state index contributed by atoms with van der Waals surface area (Å²) < 4.78 is 0. The molecule has 111 valence electrons. The molecule has 0 aromatic heterocycles. The van der Waals surface area contributed by atoms with Crippen LogP contribution in [0.5, 0.6) is 0 Å². The van der Waals surface area contributed by atoms with Crippen molar-refractivity contribution < 1.29 is 0 Å². The maximum Gasteiger partial charge on any atom is -0.0217 e. The van der Waals surface area contributed by atoms with Gasteiger partial charge in [0, 0.05) is 0 Å². The molecule has 0 aliphatic carbocycles. The second kappa shape index (κ2) is 8.02. The Hall–Kier alpha value is -1.56. The molecule has 1 radical (unpaired) electrons. The molecule has 0 aliphatic rings. The fourth-order valence-electron chi connectivity index (χ4n) is 3.50. The zero-order valence-corrected chi connectivity index (χ0v) is 13.2. The zero-order valence-electron chi connectivity index (χ0n) is 13.2. The van der Waals surface area contributed by atoms with E-state index < -0.39 is 0 Å². The first-order valence-corrected chi connectivity index (χ1v) is 8.15. The molecular formula is C21H27. The van der Waals surface area contributed by atoms with Crippen LogP contribution in [0.15, 0.2) is 60.7 Å². The lowest BCUT2D eigenvalue weighted by Gasteiger charge is -2.34.